The van der Waals surface area contributed by atoms with Crippen molar-refractivity contribution in [3.8, 4) is 0 Å². The van der Waals surface area contributed by atoms with Gasteiger partial charge >= 0.3 is 0 Å². The molecule has 0 saturated heterocycles. The zero-order valence-corrected chi connectivity index (χ0v) is 13.0. The van der Waals surface area contributed by atoms with Crippen LogP contribution >= 0.6 is 23.2 Å². The van der Waals surface area contributed by atoms with Gasteiger partial charge in [-0.3, -0.25) is 0 Å². The predicted molar refractivity (Wildman–Crippen MR) is 77.2 cm³/mol. The Bertz CT molecular complexity index is 526. The Hall–Kier alpha value is -0.530. The van der Waals surface area contributed by atoms with Crippen molar-refractivity contribution in [1.82, 2.24) is 4.31 Å². The standard InChI is InChI=1S/C11H16Cl2N2O3S/c1-3-18-5-4-15(2)19(16,17)11-9(13)6-8(12)7-10(11)14/h6-7H,3-5,14H2,1-2H3. The number of hydrogen-bond acceptors (Lipinski definition) is 4. The first-order valence-corrected chi connectivity index (χ1v) is 7.79. The van der Waals surface area contributed by atoms with E-state index in [-0.39, 0.29) is 22.2 Å². The molecule has 0 radical (unpaired) electrons. The smallest absolute Gasteiger partial charge is 0.246 e. The summed E-state index contributed by atoms with van der Waals surface area (Å²) in [5.41, 5.74) is 5.72. The Morgan fingerprint density at radius 2 is 2.00 bits per heavy atom. The van der Waals surface area contributed by atoms with Gasteiger partial charge in [-0.05, 0) is 19.1 Å². The lowest BCUT2D eigenvalue weighted by Gasteiger charge is -2.19. The lowest BCUT2D eigenvalue weighted by atomic mass is 10.3. The number of benzene rings is 1. The van der Waals surface area contributed by atoms with E-state index in [2.05, 4.69) is 0 Å². The Labute approximate surface area is 123 Å². The first kappa shape index (κ1) is 16.5. The number of nitrogens with zero attached hydrogens (tertiary/aromatic N) is 1. The van der Waals surface area contributed by atoms with E-state index in [1.165, 1.54) is 19.2 Å². The van der Waals surface area contributed by atoms with E-state index < -0.39 is 10.0 Å². The van der Waals surface area contributed by atoms with Crippen molar-refractivity contribution in [2.45, 2.75) is 11.8 Å². The number of sulfonamides is 1. The third-order valence-corrected chi connectivity index (χ3v) is 5.06. The van der Waals surface area contributed by atoms with Crippen molar-refractivity contribution < 1.29 is 13.2 Å². The summed E-state index contributed by atoms with van der Waals surface area (Å²) in [6.07, 6.45) is 0. The Kier molecular flexibility index (Phi) is 5.88. The zero-order valence-electron chi connectivity index (χ0n) is 10.7. The highest BCUT2D eigenvalue weighted by molar-refractivity contribution is 7.89. The second-order valence-corrected chi connectivity index (χ2v) is 6.65. The molecule has 0 amide bonds. The molecule has 0 bridgehead atoms. The molecule has 0 aliphatic rings. The van der Waals surface area contributed by atoms with Gasteiger partial charge in [-0.1, -0.05) is 23.2 Å². The van der Waals surface area contributed by atoms with Gasteiger partial charge in [0.25, 0.3) is 0 Å². The fourth-order valence-electron chi connectivity index (χ4n) is 1.47. The molecule has 1 aromatic carbocycles. The number of nitrogens with two attached hydrogens (primary N) is 1. The molecule has 0 spiro atoms. The zero-order chi connectivity index (χ0) is 14.6. The molecular formula is C11H16Cl2N2O3S. The number of hydrogen-bond donors (Lipinski definition) is 1. The van der Waals surface area contributed by atoms with Gasteiger partial charge in [0, 0.05) is 25.2 Å². The van der Waals surface area contributed by atoms with Gasteiger partial charge in [-0.25, -0.2) is 8.42 Å². The highest BCUT2D eigenvalue weighted by atomic mass is 35.5. The minimum Gasteiger partial charge on any atom is -0.398 e. The SMILES string of the molecule is CCOCCN(C)S(=O)(=O)c1c(N)cc(Cl)cc1Cl. The van der Waals surface area contributed by atoms with Crippen LogP contribution < -0.4 is 5.73 Å². The van der Waals surface area contributed by atoms with Crippen LogP contribution in [0.25, 0.3) is 0 Å². The molecule has 0 aliphatic heterocycles. The van der Waals surface area contributed by atoms with Gasteiger partial charge in [0.15, 0.2) is 0 Å². The van der Waals surface area contributed by atoms with Crippen LogP contribution in [0.5, 0.6) is 0 Å². The molecule has 0 aromatic heterocycles. The lowest BCUT2D eigenvalue weighted by Crippen LogP contribution is -2.31. The summed E-state index contributed by atoms with van der Waals surface area (Å²) in [5, 5.41) is 0.298. The maximum absolute atomic E-state index is 12.3. The van der Waals surface area contributed by atoms with E-state index >= 15 is 0 Å². The third kappa shape index (κ3) is 3.97. The summed E-state index contributed by atoms with van der Waals surface area (Å²) in [5.74, 6) is 0. The van der Waals surface area contributed by atoms with Crippen LogP contribution in [0, 0.1) is 0 Å². The van der Waals surface area contributed by atoms with Crippen LogP contribution in [0.4, 0.5) is 5.69 Å². The summed E-state index contributed by atoms with van der Waals surface area (Å²) in [4.78, 5) is -0.127. The second-order valence-electron chi connectivity index (χ2n) is 3.83. The quantitative estimate of drug-likeness (QED) is 0.642. The molecule has 0 unspecified atom stereocenters. The minimum absolute atomic E-state index is 0.00765. The maximum atomic E-state index is 12.3. The van der Waals surface area contributed by atoms with Crippen molar-refractivity contribution in [2.24, 2.45) is 0 Å². The molecule has 0 saturated carbocycles. The number of halogens is 2. The van der Waals surface area contributed by atoms with E-state index in [1.54, 1.807) is 0 Å². The summed E-state index contributed by atoms with van der Waals surface area (Å²) in [6, 6.07) is 2.71. The molecule has 108 valence electrons. The van der Waals surface area contributed by atoms with Crippen molar-refractivity contribution in [2.75, 3.05) is 32.5 Å². The Morgan fingerprint density at radius 3 is 2.53 bits per heavy atom. The van der Waals surface area contributed by atoms with Crippen molar-refractivity contribution in [3.63, 3.8) is 0 Å². The van der Waals surface area contributed by atoms with Gasteiger partial charge in [0.05, 0.1) is 17.3 Å². The highest BCUT2D eigenvalue weighted by Gasteiger charge is 2.26. The summed E-state index contributed by atoms with van der Waals surface area (Å²) >= 11 is 11.7. The fraction of sp³-hybridized carbons (Fsp3) is 0.455. The maximum Gasteiger partial charge on any atom is 0.246 e. The molecule has 1 aromatic rings. The minimum atomic E-state index is -3.76. The molecule has 1 rings (SSSR count). The Balaban J connectivity index is 3.07. The lowest BCUT2D eigenvalue weighted by molar-refractivity contribution is 0.138. The molecule has 2 N–H and O–H groups in total. The molecular weight excluding hydrogens is 311 g/mol. The van der Waals surface area contributed by atoms with Crippen LogP contribution in [-0.2, 0) is 14.8 Å². The summed E-state index contributed by atoms with van der Waals surface area (Å²) in [6.45, 7) is 2.88. The fourth-order valence-corrected chi connectivity index (χ4v) is 3.56. The number of ether oxygens (including phenoxy) is 1. The van der Waals surface area contributed by atoms with Gasteiger partial charge in [0.1, 0.15) is 4.90 Å². The van der Waals surface area contributed by atoms with Crippen LogP contribution in [-0.4, -0.2) is 39.5 Å². The van der Waals surface area contributed by atoms with Crippen LogP contribution in [0.3, 0.4) is 0 Å². The molecule has 19 heavy (non-hydrogen) atoms. The summed E-state index contributed by atoms with van der Waals surface area (Å²) in [7, 11) is -2.32. The average Bonchev–Trinajstić information content (AvgIpc) is 2.27. The molecule has 5 nitrogen and oxygen atoms in total. The van der Waals surface area contributed by atoms with Crippen LogP contribution in [0.15, 0.2) is 17.0 Å². The number of nitrogen functional groups attached to an aromatic ring is 1. The van der Waals surface area contributed by atoms with E-state index in [0.29, 0.717) is 18.2 Å². The van der Waals surface area contributed by atoms with Gasteiger partial charge < -0.3 is 10.5 Å². The number of likely N-dealkylation sites (N-methyl/N-ethyl adjacent to an activating group) is 1. The van der Waals surface area contributed by atoms with Crippen molar-refractivity contribution in [3.05, 3.63) is 22.2 Å². The molecule has 0 fully saturated rings. The molecule has 0 heterocycles. The van der Waals surface area contributed by atoms with Crippen molar-refractivity contribution in [1.29, 1.82) is 0 Å². The first-order chi connectivity index (χ1) is 8.80. The molecule has 8 heteroatoms. The monoisotopic (exact) mass is 326 g/mol. The van der Waals surface area contributed by atoms with E-state index in [4.69, 9.17) is 33.7 Å². The van der Waals surface area contributed by atoms with Crippen LogP contribution in [0.2, 0.25) is 10.0 Å². The normalized spacial score (nSPS) is 12.1. The van der Waals surface area contributed by atoms with E-state index in [9.17, 15) is 8.42 Å². The third-order valence-electron chi connectivity index (χ3n) is 2.46. The van der Waals surface area contributed by atoms with Gasteiger partial charge in [-0.15, -0.1) is 0 Å². The van der Waals surface area contributed by atoms with E-state index in [1.807, 2.05) is 6.92 Å². The average molecular weight is 327 g/mol. The number of rotatable bonds is 6. The highest BCUT2D eigenvalue weighted by Crippen LogP contribution is 2.32. The van der Waals surface area contributed by atoms with Crippen LogP contribution in [0.1, 0.15) is 6.92 Å². The van der Waals surface area contributed by atoms with Crippen molar-refractivity contribution >= 4 is 38.9 Å². The molecule has 0 atom stereocenters. The number of anilines is 1. The topological polar surface area (TPSA) is 72.6 Å². The first-order valence-electron chi connectivity index (χ1n) is 5.59. The Morgan fingerprint density at radius 1 is 1.37 bits per heavy atom. The van der Waals surface area contributed by atoms with Gasteiger partial charge in [0.2, 0.25) is 10.0 Å². The van der Waals surface area contributed by atoms with E-state index in [0.717, 1.165) is 4.31 Å². The summed E-state index contributed by atoms with van der Waals surface area (Å²) < 4.78 is 31.0. The largest absolute Gasteiger partial charge is 0.398 e. The second kappa shape index (κ2) is 6.76. The van der Waals surface area contributed by atoms with Gasteiger partial charge in [-0.2, -0.15) is 4.31 Å². The molecule has 0 aliphatic carbocycles. The predicted octanol–water partition coefficient (Wildman–Crippen LogP) is 2.23.